The number of carbonyl (C=O) groups excluding carboxylic acids is 4. The van der Waals surface area contributed by atoms with Crippen LogP contribution in [0.2, 0.25) is 64.0 Å². The molecule has 5 aliphatic heterocycles. The van der Waals surface area contributed by atoms with E-state index in [0.29, 0.717) is 0 Å². The number of Topliss-reactive ketones (excluding diaryl/α,β-unsaturated/α-hetero) is 1. The number of carbonyl (C=O) groups is 4. The van der Waals surface area contributed by atoms with E-state index < -0.39 is 138 Å². The highest BCUT2D eigenvalue weighted by atomic mass is 28.5. The molecule has 0 saturated carbocycles. The van der Waals surface area contributed by atoms with Crippen LogP contribution in [0.25, 0.3) is 0 Å². The number of rotatable bonds is 15. The summed E-state index contributed by atoms with van der Waals surface area (Å²) in [4.78, 5) is 96.8. The fourth-order valence-electron chi connectivity index (χ4n) is 13.0. The Bertz CT molecular complexity index is 3620. The number of fused-ring (bicyclic) bond motifs is 2. The van der Waals surface area contributed by atoms with Gasteiger partial charge in [-0.1, -0.05) is 142 Å². The lowest BCUT2D eigenvalue weighted by Gasteiger charge is -2.51. The molecule has 0 aromatic carbocycles. The lowest BCUT2D eigenvalue weighted by Crippen LogP contribution is -2.67. The van der Waals surface area contributed by atoms with E-state index in [9.17, 15) is 48.9 Å². The van der Waals surface area contributed by atoms with Crippen LogP contribution in [-0.2, 0) is 59.3 Å². The molecule has 3 aromatic rings. The van der Waals surface area contributed by atoms with Crippen molar-refractivity contribution in [3.8, 4) is 23.8 Å². The second-order valence-electron chi connectivity index (χ2n) is 29.0. The third-order valence-electron chi connectivity index (χ3n) is 18.0. The third-order valence-corrected chi connectivity index (χ3v) is 39.3. The molecule has 5 aliphatic rings. The van der Waals surface area contributed by atoms with Gasteiger partial charge in [-0.15, -0.1) is 12.0 Å². The molecule has 7 N–H and O–H groups in total. The van der Waals surface area contributed by atoms with E-state index in [1.807, 2.05) is 5.92 Å². The van der Waals surface area contributed by atoms with Crippen molar-refractivity contribution in [2.75, 3.05) is 35.8 Å². The number of aliphatic hydroxyl groups excluding tert-OH is 2. The van der Waals surface area contributed by atoms with E-state index >= 15 is 0 Å². The number of ketones is 1. The van der Waals surface area contributed by atoms with Crippen LogP contribution in [0.4, 0.5) is 17.5 Å². The standard InChI is InChI=1S/C28H49N3O7Si3.C23H39N3O7Si2.C13H15N3O6/c1-18(2)40(19(3)4)35-17-23-25(37-41(38-40,20(5)6)21(7)8)28(34,14-16-39(10,11)12)26(36-23)31-15-13-24(29-22(9)32)30-27(31)33;1-13(2)34(14(3)4)30-12-18-21(32-35(33-34,15(5)6)16(7)8)20(28)22(31-18)26-11-10-19(24-17(9)27)25-23(26)29;1-3-13(21)10(19)8(6-17)22-11(13)16-5-4-9(14-7(2)18)15-12(16)20/h13,15,18-21,23,25-26,34H,17H2,1-12H3,(H,29,30,32,33);10-11,13-16,18,21-22H,12H2,1-9H3,(H,24,25,27,29);1,4-5,8,10-11,17,19,21H,6H2,2H3,(H,14,15,18,20)/t23-,25-,26-,28+;18-,21-,22-;8-,10-,11-,13+/m111/s1. The molecule has 29 nitrogen and oxygen atoms in total. The Hall–Kier alpha value is -5.60. The molecular weight excluding hydrogens is 1360 g/mol. The van der Waals surface area contributed by atoms with Gasteiger partial charge in [0.05, 0.1) is 19.8 Å². The molecule has 8 heterocycles. The second-order valence-corrected chi connectivity index (χ2v) is 51.4. The number of nitrogens with zero attached hydrogens (tertiary/aromatic N) is 6. The Labute approximate surface area is 578 Å². The lowest BCUT2D eigenvalue weighted by molar-refractivity contribution is -0.130. The normalized spacial score (nSPS) is 27.9. The molecule has 98 heavy (non-hydrogen) atoms. The zero-order valence-corrected chi connectivity index (χ0v) is 65.5. The van der Waals surface area contributed by atoms with Crippen LogP contribution in [-0.4, -0.2) is 183 Å². The molecule has 0 aliphatic carbocycles. The quantitative estimate of drug-likeness (QED) is 0.0666. The van der Waals surface area contributed by atoms with Crippen LogP contribution in [0.15, 0.2) is 51.2 Å². The largest absolute Gasteiger partial charge is 0.414 e. The van der Waals surface area contributed by atoms with Gasteiger partial charge in [0.15, 0.2) is 23.7 Å². The molecule has 34 heteroatoms. The number of anilines is 3. The second kappa shape index (κ2) is 31.7. The summed E-state index contributed by atoms with van der Waals surface area (Å²) in [5.74, 6) is 3.91. The monoisotopic (exact) mass is 1460 g/mol. The lowest BCUT2D eigenvalue weighted by atomic mass is 9.95. The Balaban J connectivity index is 0.000000242. The van der Waals surface area contributed by atoms with Crippen LogP contribution >= 0.6 is 0 Å². The molecule has 5 fully saturated rings. The molecule has 544 valence electrons. The predicted octanol–water partition coefficient (Wildman–Crippen LogP) is 6.11. The Kier molecular flexibility index (Phi) is 26.4. The summed E-state index contributed by atoms with van der Waals surface area (Å²) in [6.45, 7) is 43.6. The molecule has 0 radical (unpaired) electrons. The smallest absolute Gasteiger partial charge is 0.352 e. The average Bonchev–Trinajstić information content (AvgIpc) is 1.49. The molecular formula is C64H103N9O20Si5. The summed E-state index contributed by atoms with van der Waals surface area (Å²) in [7, 11) is -13.7. The zero-order chi connectivity index (χ0) is 73.9. The highest BCUT2D eigenvalue weighted by molar-refractivity contribution is 6.85. The summed E-state index contributed by atoms with van der Waals surface area (Å²) >= 11 is 0. The minimum absolute atomic E-state index is 0.0234. The highest BCUT2D eigenvalue weighted by Crippen LogP contribution is 2.52. The number of ether oxygens (including phenoxy) is 3. The maximum Gasteiger partial charge on any atom is 0.352 e. The maximum atomic E-state index is 13.6. The number of terminal acetylenes is 1. The van der Waals surface area contributed by atoms with Crippen molar-refractivity contribution in [2.45, 2.75) is 262 Å². The predicted molar refractivity (Wildman–Crippen MR) is 376 cm³/mol. The first-order valence-electron chi connectivity index (χ1n) is 33.3. The number of hydrogen-bond donors (Lipinski definition) is 7. The minimum Gasteiger partial charge on any atom is -0.414 e. The SMILES string of the molecule is C#C[C@]1(O)[C@H](O)[C@@H](CO)O[C@H]1n1ccc(NC(C)=O)nc1=O.CC(=O)Nc1ccn([C@@H]2O[C@@H]3CO[Si](C(C)C)(C(C)C)O[Si](C(C)C)(C(C)C)O[C@H]3C2=O)c(=O)n1.CC(=O)Nc1ccn([C@@H]2O[C@@H]3CO[Si](C(C)C)(C(C)C)O[Si](C(C)C)(C(C)C)O[C@H]3[C@@]2(O)C#C[Si](C)(C)C)c(=O)n1. The van der Waals surface area contributed by atoms with E-state index in [-0.39, 0.29) is 92.6 Å². The van der Waals surface area contributed by atoms with E-state index in [1.54, 1.807) is 0 Å². The molecule has 5 saturated heterocycles. The summed E-state index contributed by atoms with van der Waals surface area (Å²) in [5.41, 5.74) is -2.26. The number of hydrogen-bond acceptors (Lipinski definition) is 23. The van der Waals surface area contributed by atoms with E-state index in [1.165, 1.54) is 62.1 Å². The third kappa shape index (κ3) is 16.8. The van der Waals surface area contributed by atoms with E-state index in [0.717, 1.165) is 9.13 Å². The van der Waals surface area contributed by atoms with Crippen LogP contribution in [0.1, 0.15) is 150 Å². The zero-order valence-electron chi connectivity index (χ0n) is 60.5. The van der Waals surface area contributed by atoms with Gasteiger partial charge < -0.3 is 76.5 Å². The number of nitrogens with one attached hydrogen (secondary N) is 3. The molecule has 8 rings (SSSR count). The summed E-state index contributed by atoms with van der Waals surface area (Å²) in [6, 6.07) is 4.26. The van der Waals surface area contributed by atoms with Gasteiger partial charge in [0, 0.05) is 39.4 Å². The van der Waals surface area contributed by atoms with Crippen LogP contribution < -0.4 is 33.0 Å². The molecule has 3 aromatic heterocycles. The van der Waals surface area contributed by atoms with E-state index in [2.05, 4.69) is 173 Å². The topological polar surface area (TPSA) is 373 Å². The average molecular weight is 1460 g/mol. The van der Waals surface area contributed by atoms with Crippen LogP contribution in [0, 0.1) is 23.8 Å². The minimum atomic E-state index is -3.11. The molecule has 11 atom stereocenters. The number of aromatic nitrogens is 6. The fourth-order valence-corrected chi connectivity index (χ4v) is 35.9. The molecule has 0 spiro atoms. The Morgan fingerprint density at radius 1 is 0.582 bits per heavy atom. The van der Waals surface area contributed by atoms with Crippen molar-refractivity contribution in [1.29, 1.82) is 0 Å². The summed E-state index contributed by atoms with van der Waals surface area (Å²) in [6.07, 6.45) is -0.473. The van der Waals surface area contributed by atoms with Gasteiger partial charge in [0.2, 0.25) is 29.7 Å². The van der Waals surface area contributed by atoms with Gasteiger partial charge in [-0.3, -0.25) is 32.9 Å². The van der Waals surface area contributed by atoms with Gasteiger partial charge in [-0.25, -0.2) is 14.4 Å². The van der Waals surface area contributed by atoms with Crippen LogP contribution in [0.3, 0.4) is 0 Å². The van der Waals surface area contributed by atoms with Crippen molar-refractivity contribution >= 4 is 83.3 Å². The molecule has 0 bridgehead atoms. The first-order valence-corrected chi connectivity index (χ1v) is 44.7. The summed E-state index contributed by atoms with van der Waals surface area (Å²) in [5, 5.41) is 49.2. The van der Waals surface area contributed by atoms with Gasteiger partial charge >= 0.3 is 51.3 Å². The first kappa shape index (κ1) is 81.4. The van der Waals surface area contributed by atoms with Crippen molar-refractivity contribution in [3.63, 3.8) is 0 Å². The highest BCUT2D eigenvalue weighted by Gasteiger charge is 2.67. The van der Waals surface area contributed by atoms with Gasteiger partial charge in [0.1, 0.15) is 62.2 Å². The van der Waals surface area contributed by atoms with Crippen LogP contribution in [0.5, 0.6) is 0 Å². The van der Waals surface area contributed by atoms with Crippen molar-refractivity contribution in [2.24, 2.45) is 0 Å². The van der Waals surface area contributed by atoms with E-state index in [4.69, 9.17) is 51.7 Å². The van der Waals surface area contributed by atoms with Gasteiger partial charge in [-0.2, -0.15) is 15.0 Å². The molecule has 0 unspecified atom stereocenters. The maximum absolute atomic E-state index is 13.6. The fraction of sp³-hybridized carbons (Fsp3) is 0.688. The van der Waals surface area contributed by atoms with Crippen molar-refractivity contribution in [3.05, 3.63) is 68.2 Å². The molecule has 3 amide bonds. The first-order chi connectivity index (χ1) is 45.4. The Morgan fingerprint density at radius 2 is 0.949 bits per heavy atom. The van der Waals surface area contributed by atoms with Gasteiger partial charge in [0.25, 0.3) is 0 Å². The van der Waals surface area contributed by atoms with Gasteiger partial charge in [-0.05, 0) is 62.5 Å². The van der Waals surface area contributed by atoms with Crippen molar-refractivity contribution < 1.29 is 79.7 Å². The van der Waals surface area contributed by atoms with Crippen molar-refractivity contribution in [1.82, 2.24) is 28.7 Å². The summed E-state index contributed by atoms with van der Waals surface area (Å²) < 4.78 is 62.9. The Morgan fingerprint density at radius 3 is 1.30 bits per heavy atom. The number of amides is 3. The number of aliphatic hydroxyl groups is 4.